The number of hydrogen-bond acceptors (Lipinski definition) is 4. The number of ether oxygens (including phenoxy) is 1. The van der Waals surface area contributed by atoms with Crippen LogP contribution in [0, 0.1) is 0 Å². The van der Waals surface area contributed by atoms with Crippen molar-refractivity contribution in [2.45, 2.75) is 18.9 Å². The molecule has 1 N–H and O–H groups in total. The Morgan fingerprint density at radius 1 is 1.17 bits per heavy atom. The minimum Gasteiger partial charge on any atom is -0.497 e. The van der Waals surface area contributed by atoms with Crippen LogP contribution in [0.1, 0.15) is 18.9 Å². The average molecular weight is 333 g/mol. The maximum Gasteiger partial charge on any atom is 0.407 e. The fourth-order valence-electron chi connectivity index (χ4n) is 3.25. The number of hydrogen-bond donors (Lipinski definition) is 1. The summed E-state index contributed by atoms with van der Waals surface area (Å²) >= 11 is 0. The first-order chi connectivity index (χ1) is 11.4. The summed E-state index contributed by atoms with van der Waals surface area (Å²) in [6.07, 6.45) is 0.0421. The summed E-state index contributed by atoms with van der Waals surface area (Å²) in [5, 5.41) is 9.05. The molecule has 0 atom stereocenters. The average Bonchev–Trinajstić information content (AvgIpc) is 2.60. The van der Waals surface area contributed by atoms with E-state index in [0.717, 1.165) is 0 Å². The molecule has 3 rings (SSSR count). The molecule has 0 spiro atoms. The Morgan fingerprint density at radius 2 is 1.83 bits per heavy atom. The zero-order valence-electron chi connectivity index (χ0n) is 13.6. The molecule has 128 valence electrons. The maximum absolute atomic E-state index is 12.5. The first-order valence-electron chi connectivity index (χ1n) is 7.71. The minimum absolute atomic E-state index is 0.196. The fourth-order valence-corrected chi connectivity index (χ4v) is 3.25. The second kappa shape index (κ2) is 6.03. The van der Waals surface area contributed by atoms with Crippen LogP contribution in [-0.2, 0) is 7.05 Å². The van der Waals surface area contributed by atoms with Gasteiger partial charge in [-0.15, -0.1) is 0 Å². The second-order valence-corrected chi connectivity index (χ2v) is 5.89. The fraction of sp³-hybridized carbons (Fsp3) is 0.438. The predicted octanol–water partition coefficient (Wildman–Crippen LogP) is 1.02. The zero-order chi connectivity index (χ0) is 17.4. The van der Waals surface area contributed by atoms with Gasteiger partial charge in [0, 0.05) is 32.2 Å². The lowest BCUT2D eigenvalue weighted by atomic mass is 10.0. The zero-order valence-corrected chi connectivity index (χ0v) is 13.6. The number of carbonyl (C=O) groups is 1. The molecule has 8 nitrogen and oxygen atoms in total. The van der Waals surface area contributed by atoms with E-state index in [4.69, 9.17) is 9.84 Å². The van der Waals surface area contributed by atoms with Gasteiger partial charge in [-0.3, -0.25) is 14.2 Å². The van der Waals surface area contributed by atoms with E-state index in [-0.39, 0.29) is 6.04 Å². The molecule has 0 radical (unpaired) electrons. The van der Waals surface area contributed by atoms with Crippen LogP contribution in [0.4, 0.5) is 4.79 Å². The number of fused-ring (bicyclic) bond motifs is 1. The van der Waals surface area contributed by atoms with E-state index >= 15 is 0 Å². The Labute approximate surface area is 137 Å². The summed E-state index contributed by atoms with van der Waals surface area (Å²) in [6, 6.07) is 5.03. The number of likely N-dealkylation sites (tertiary alicyclic amines) is 1. The van der Waals surface area contributed by atoms with E-state index in [9.17, 15) is 14.4 Å². The molecule has 1 aliphatic heterocycles. The Balaban J connectivity index is 2.13. The highest BCUT2D eigenvalue weighted by Crippen LogP contribution is 2.26. The van der Waals surface area contributed by atoms with Crippen LogP contribution in [0.5, 0.6) is 5.75 Å². The monoisotopic (exact) mass is 333 g/mol. The molecule has 1 aromatic heterocycles. The Morgan fingerprint density at radius 3 is 2.42 bits per heavy atom. The largest absolute Gasteiger partial charge is 0.497 e. The highest BCUT2D eigenvalue weighted by Gasteiger charge is 2.26. The number of rotatable bonds is 2. The summed E-state index contributed by atoms with van der Waals surface area (Å²) in [5.74, 6) is 0.600. The molecule has 0 unspecified atom stereocenters. The van der Waals surface area contributed by atoms with Gasteiger partial charge in [-0.2, -0.15) is 0 Å². The van der Waals surface area contributed by atoms with E-state index in [1.54, 1.807) is 25.2 Å². The molecule has 1 saturated heterocycles. The highest BCUT2D eigenvalue weighted by molar-refractivity contribution is 5.77. The number of piperidine rings is 1. The van der Waals surface area contributed by atoms with Crippen molar-refractivity contribution in [2.24, 2.45) is 7.05 Å². The van der Waals surface area contributed by atoms with Gasteiger partial charge in [-0.25, -0.2) is 4.79 Å². The van der Waals surface area contributed by atoms with Crippen molar-refractivity contribution in [2.75, 3.05) is 20.2 Å². The van der Waals surface area contributed by atoms with Gasteiger partial charge < -0.3 is 19.3 Å². The predicted molar refractivity (Wildman–Crippen MR) is 87.9 cm³/mol. The number of aryl methyl sites for hydroxylation is 1. The van der Waals surface area contributed by atoms with Crippen LogP contribution in [0.25, 0.3) is 11.0 Å². The van der Waals surface area contributed by atoms with E-state index in [1.165, 1.54) is 21.1 Å². The van der Waals surface area contributed by atoms with Crippen molar-refractivity contribution in [1.82, 2.24) is 14.0 Å². The van der Waals surface area contributed by atoms with E-state index in [1.807, 2.05) is 0 Å². The van der Waals surface area contributed by atoms with Gasteiger partial charge in [-0.1, -0.05) is 0 Å². The van der Waals surface area contributed by atoms with Crippen molar-refractivity contribution in [3.05, 3.63) is 38.9 Å². The molecule has 1 amide bonds. The Kier molecular flexibility index (Phi) is 4.04. The van der Waals surface area contributed by atoms with Gasteiger partial charge in [0.1, 0.15) is 5.75 Å². The third-order valence-corrected chi connectivity index (χ3v) is 4.61. The first kappa shape index (κ1) is 16.1. The number of aromatic nitrogens is 2. The van der Waals surface area contributed by atoms with Gasteiger partial charge in [0.15, 0.2) is 0 Å². The summed E-state index contributed by atoms with van der Waals surface area (Å²) in [5.41, 5.74) is 0.0802. The Bertz CT molecular complexity index is 906. The summed E-state index contributed by atoms with van der Waals surface area (Å²) in [4.78, 5) is 37.2. The van der Waals surface area contributed by atoms with E-state index < -0.39 is 17.2 Å². The smallest absolute Gasteiger partial charge is 0.407 e. The van der Waals surface area contributed by atoms with Crippen molar-refractivity contribution in [3.8, 4) is 5.75 Å². The molecule has 1 aromatic carbocycles. The molecule has 1 aliphatic rings. The number of methoxy groups -OCH3 is 1. The first-order valence-corrected chi connectivity index (χ1v) is 7.71. The quantitative estimate of drug-likeness (QED) is 0.828. The molecule has 8 heteroatoms. The molecule has 0 bridgehead atoms. The normalized spacial score (nSPS) is 15.7. The molecule has 1 fully saturated rings. The third-order valence-electron chi connectivity index (χ3n) is 4.61. The number of amides is 1. The van der Waals surface area contributed by atoms with Crippen LogP contribution >= 0.6 is 0 Å². The third kappa shape index (κ3) is 2.53. The topological polar surface area (TPSA) is 93.8 Å². The van der Waals surface area contributed by atoms with E-state index in [0.29, 0.717) is 42.7 Å². The van der Waals surface area contributed by atoms with Crippen molar-refractivity contribution in [1.29, 1.82) is 0 Å². The summed E-state index contributed by atoms with van der Waals surface area (Å²) in [6.45, 7) is 0.693. The van der Waals surface area contributed by atoms with Gasteiger partial charge in [0.25, 0.3) is 0 Å². The summed E-state index contributed by atoms with van der Waals surface area (Å²) in [7, 11) is 3.10. The number of benzene rings is 1. The minimum atomic E-state index is -0.959. The molecular weight excluding hydrogens is 314 g/mol. The Hall–Kier alpha value is -2.77. The lowest BCUT2D eigenvalue weighted by Gasteiger charge is -2.31. The standard InChI is InChI=1S/C16H19N3O5/c1-17-13-9-11(24-2)3-4-12(13)19(15(21)14(17)20)10-5-7-18(8-6-10)16(22)23/h3-4,9-10H,5-8H2,1-2H3,(H,22,23). The molecule has 0 aliphatic carbocycles. The van der Waals surface area contributed by atoms with Gasteiger partial charge in [-0.05, 0) is 25.0 Å². The van der Waals surface area contributed by atoms with Crippen LogP contribution in [0.15, 0.2) is 27.8 Å². The van der Waals surface area contributed by atoms with Crippen molar-refractivity contribution >= 4 is 17.1 Å². The van der Waals surface area contributed by atoms with Crippen LogP contribution in [0.2, 0.25) is 0 Å². The van der Waals surface area contributed by atoms with Gasteiger partial charge >= 0.3 is 17.2 Å². The maximum atomic E-state index is 12.5. The summed E-state index contributed by atoms with van der Waals surface area (Å²) < 4.78 is 8.03. The van der Waals surface area contributed by atoms with E-state index in [2.05, 4.69) is 0 Å². The molecular formula is C16H19N3O5. The molecule has 0 saturated carbocycles. The SMILES string of the molecule is COc1ccc2c(c1)n(C)c(=O)c(=O)n2C1CCN(C(=O)O)CC1. The molecule has 24 heavy (non-hydrogen) atoms. The van der Waals surface area contributed by atoms with Crippen molar-refractivity contribution in [3.63, 3.8) is 0 Å². The number of carboxylic acid groups (broad SMARTS) is 1. The van der Waals surface area contributed by atoms with Gasteiger partial charge in [0.2, 0.25) is 0 Å². The van der Waals surface area contributed by atoms with Crippen molar-refractivity contribution < 1.29 is 14.6 Å². The van der Waals surface area contributed by atoms with Crippen LogP contribution < -0.4 is 15.9 Å². The van der Waals surface area contributed by atoms with Crippen LogP contribution in [0.3, 0.4) is 0 Å². The lowest BCUT2D eigenvalue weighted by molar-refractivity contribution is 0.125. The number of nitrogens with zero attached hydrogens (tertiary/aromatic N) is 3. The van der Waals surface area contributed by atoms with Gasteiger partial charge in [0.05, 0.1) is 18.1 Å². The highest BCUT2D eigenvalue weighted by atomic mass is 16.5. The molecule has 2 heterocycles. The molecule has 2 aromatic rings. The lowest BCUT2D eigenvalue weighted by Crippen LogP contribution is -2.45. The van der Waals surface area contributed by atoms with Crippen LogP contribution in [-0.4, -0.2) is 45.4 Å². The second-order valence-electron chi connectivity index (χ2n) is 5.89.